The lowest BCUT2D eigenvalue weighted by atomic mass is 10.2. The standard InChI is InChI=1S/C13H13BrN6O/c14-9-7-17-11(18-8-9)10-3-1-6-20(10)13(21)19-12-15-4-2-5-16-12/h2,4-5,7-8,10H,1,3,6H2,(H,15,16,19,21). The summed E-state index contributed by atoms with van der Waals surface area (Å²) in [5.41, 5.74) is 0. The van der Waals surface area contributed by atoms with E-state index in [9.17, 15) is 4.79 Å². The Morgan fingerprint density at radius 2 is 1.95 bits per heavy atom. The van der Waals surface area contributed by atoms with E-state index in [0.717, 1.165) is 17.3 Å². The molecule has 1 saturated heterocycles. The first kappa shape index (κ1) is 13.9. The van der Waals surface area contributed by atoms with Gasteiger partial charge < -0.3 is 4.90 Å². The third kappa shape index (κ3) is 3.15. The Bertz CT molecular complexity index is 620. The summed E-state index contributed by atoms with van der Waals surface area (Å²) in [6, 6.07) is 1.36. The molecule has 1 fully saturated rings. The average Bonchev–Trinajstić information content (AvgIpc) is 2.98. The smallest absolute Gasteiger partial charge is 0.314 e. The molecule has 3 rings (SSSR count). The monoisotopic (exact) mass is 348 g/mol. The highest BCUT2D eigenvalue weighted by atomic mass is 79.9. The van der Waals surface area contributed by atoms with E-state index in [0.29, 0.717) is 18.3 Å². The van der Waals surface area contributed by atoms with Gasteiger partial charge in [0.2, 0.25) is 5.95 Å². The number of nitrogens with zero attached hydrogens (tertiary/aromatic N) is 5. The van der Waals surface area contributed by atoms with Gasteiger partial charge in [-0.1, -0.05) is 0 Å². The molecule has 1 unspecified atom stereocenters. The zero-order valence-corrected chi connectivity index (χ0v) is 12.7. The van der Waals surface area contributed by atoms with Crippen molar-refractivity contribution in [1.29, 1.82) is 0 Å². The predicted molar refractivity (Wildman–Crippen MR) is 79.5 cm³/mol. The Kier molecular flexibility index (Phi) is 4.05. The van der Waals surface area contributed by atoms with Gasteiger partial charge in [0.25, 0.3) is 0 Å². The number of nitrogens with one attached hydrogen (secondary N) is 1. The minimum absolute atomic E-state index is 0.109. The summed E-state index contributed by atoms with van der Waals surface area (Å²) in [5.74, 6) is 0.949. The van der Waals surface area contributed by atoms with E-state index < -0.39 is 0 Å². The maximum atomic E-state index is 12.3. The van der Waals surface area contributed by atoms with Crippen LogP contribution < -0.4 is 5.32 Å². The number of carbonyl (C=O) groups is 1. The van der Waals surface area contributed by atoms with Crippen LogP contribution >= 0.6 is 15.9 Å². The van der Waals surface area contributed by atoms with E-state index >= 15 is 0 Å². The third-order valence-corrected chi connectivity index (χ3v) is 3.65. The lowest BCUT2D eigenvalue weighted by Crippen LogP contribution is -2.35. The second-order valence-corrected chi connectivity index (χ2v) is 5.53. The molecule has 1 N–H and O–H groups in total. The van der Waals surface area contributed by atoms with Crippen LogP contribution in [0.15, 0.2) is 35.3 Å². The quantitative estimate of drug-likeness (QED) is 0.900. The number of likely N-dealkylation sites (tertiary alicyclic amines) is 1. The van der Waals surface area contributed by atoms with E-state index in [2.05, 4.69) is 41.2 Å². The van der Waals surface area contributed by atoms with Gasteiger partial charge in [-0.15, -0.1) is 0 Å². The van der Waals surface area contributed by atoms with Crippen LogP contribution in [-0.2, 0) is 0 Å². The lowest BCUT2D eigenvalue weighted by Gasteiger charge is -2.23. The first-order valence-corrected chi connectivity index (χ1v) is 7.35. The molecule has 2 amide bonds. The molecule has 2 aromatic heterocycles. The fourth-order valence-corrected chi connectivity index (χ4v) is 2.51. The molecule has 0 aliphatic carbocycles. The summed E-state index contributed by atoms with van der Waals surface area (Å²) in [5, 5.41) is 2.69. The number of rotatable bonds is 2. The van der Waals surface area contributed by atoms with Crippen molar-refractivity contribution in [2.75, 3.05) is 11.9 Å². The predicted octanol–water partition coefficient (Wildman–Crippen LogP) is 2.40. The Balaban J connectivity index is 1.74. The average molecular weight is 349 g/mol. The number of anilines is 1. The van der Waals surface area contributed by atoms with Gasteiger partial charge in [0.05, 0.1) is 10.5 Å². The van der Waals surface area contributed by atoms with Crippen LogP contribution in [0.5, 0.6) is 0 Å². The fourth-order valence-electron chi connectivity index (χ4n) is 2.30. The Morgan fingerprint density at radius 1 is 1.24 bits per heavy atom. The molecule has 0 bridgehead atoms. The van der Waals surface area contributed by atoms with Gasteiger partial charge in [0.1, 0.15) is 0 Å². The van der Waals surface area contributed by atoms with E-state index in [1.807, 2.05) is 0 Å². The molecule has 21 heavy (non-hydrogen) atoms. The third-order valence-electron chi connectivity index (χ3n) is 3.24. The highest BCUT2D eigenvalue weighted by molar-refractivity contribution is 9.10. The van der Waals surface area contributed by atoms with Crippen molar-refractivity contribution < 1.29 is 4.79 Å². The molecule has 8 heteroatoms. The van der Waals surface area contributed by atoms with Crippen LogP contribution in [0.4, 0.5) is 10.7 Å². The first-order chi connectivity index (χ1) is 10.2. The van der Waals surface area contributed by atoms with Crippen LogP contribution in [0, 0.1) is 0 Å². The zero-order chi connectivity index (χ0) is 14.7. The second-order valence-electron chi connectivity index (χ2n) is 4.61. The van der Waals surface area contributed by atoms with Crippen LogP contribution in [-0.4, -0.2) is 37.4 Å². The van der Waals surface area contributed by atoms with Gasteiger partial charge in [0, 0.05) is 31.3 Å². The van der Waals surface area contributed by atoms with E-state index in [-0.39, 0.29) is 12.1 Å². The number of carbonyl (C=O) groups excluding carboxylic acids is 1. The number of hydrogen-bond donors (Lipinski definition) is 1. The molecule has 108 valence electrons. The number of halogens is 1. The Labute approximate surface area is 130 Å². The summed E-state index contributed by atoms with van der Waals surface area (Å²) in [6.45, 7) is 0.669. The van der Waals surface area contributed by atoms with Crippen LogP contribution in [0.1, 0.15) is 24.7 Å². The molecular formula is C13H13BrN6O. The van der Waals surface area contributed by atoms with Crippen molar-refractivity contribution in [3.05, 3.63) is 41.2 Å². The molecule has 7 nitrogen and oxygen atoms in total. The largest absolute Gasteiger partial charge is 0.324 e. The van der Waals surface area contributed by atoms with E-state index in [4.69, 9.17) is 0 Å². The van der Waals surface area contributed by atoms with Crippen molar-refractivity contribution in [2.45, 2.75) is 18.9 Å². The summed E-state index contributed by atoms with van der Waals surface area (Å²) in [4.78, 5) is 30.6. The molecule has 0 spiro atoms. The molecule has 0 radical (unpaired) electrons. The maximum Gasteiger partial charge on any atom is 0.324 e. The molecule has 2 aromatic rings. The zero-order valence-electron chi connectivity index (χ0n) is 11.1. The van der Waals surface area contributed by atoms with E-state index in [1.54, 1.807) is 35.8 Å². The summed E-state index contributed by atoms with van der Waals surface area (Å²) >= 11 is 3.31. The lowest BCUT2D eigenvalue weighted by molar-refractivity contribution is 0.204. The van der Waals surface area contributed by atoms with Crippen molar-refractivity contribution in [2.24, 2.45) is 0 Å². The van der Waals surface area contributed by atoms with Gasteiger partial charge in [-0.05, 0) is 34.8 Å². The van der Waals surface area contributed by atoms with Crippen molar-refractivity contribution in [3.8, 4) is 0 Å². The van der Waals surface area contributed by atoms with Gasteiger partial charge in [0.15, 0.2) is 5.82 Å². The molecule has 3 heterocycles. The summed E-state index contributed by atoms with van der Waals surface area (Å²) < 4.78 is 0.818. The SMILES string of the molecule is O=C(Nc1ncccn1)N1CCCC1c1ncc(Br)cn1. The highest BCUT2D eigenvalue weighted by Crippen LogP contribution is 2.30. The highest BCUT2D eigenvalue weighted by Gasteiger charge is 2.32. The van der Waals surface area contributed by atoms with Crippen molar-refractivity contribution in [3.63, 3.8) is 0 Å². The summed E-state index contributed by atoms with van der Waals surface area (Å²) in [6.07, 6.45) is 8.33. The Hall–Kier alpha value is -2.09. The molecule has 1 atom stereocenters. The van der Waals surface area contributed by atoms with Crippen molar-refractivity contribution >= 4 is 27.9 Å². The number of hydrogen-bond acceptors (Lipinski definition) is 5. The Morgan fingerprint density at radius 3 is 2.67 bits per heavy atom. The molecule has 0 aromatic carbocycles. The second kappa shape index (κ2) is 6.13. The summed E-state index contributed by atoms with van der Waals surface area (Å²) in [7, 11) is 0. The molecule has 1 aliphatic heterocycles. The van der Waals surface area contributed by atoms with Crippen molar-refractivity contribution in [1.82, 2.24) is 24.8 Å². The van der Waals surface area contributed by atoms with Gasteiger partial charge in [-0.3, -0.25) is 5.32 Å². The molecule has 1 aliphatic rings. The topological polar surface area (TPSA) is 83.9 Å². The fraction of sp³-hybridized carbons (Fsp3) is 0.308. The molecular weight excluding hydrogens is 336 g/mol. The van der Waals surface area contributed by atoms with E-state index in [1.165, 1.54) is 0 Å². The number of aromatic nitrogens is 4. The number of amides is 2. The minimum Gasteiger partial charge on any atom is -0.314 e. The van der Waals surface area contributed by atoms with Gasteiger partial charge in [-0.25, -0.2) is 24.7 Å². The maximum absolute atomic E-state index is 12.3. The van der Waals surface area contributed by atoms with Crippen LogP contribution in [0.25, 0.3) is 0 Å². The number of urea groups is 1. The van der Waals surface area contributed by atoms with Gasteiger partial charge in [-0.2, -0.15) is 0 Å². The van der Waals surface area contributed by atoms with Crippen LogP contribution in [0.3, 0.4) is 0 Å². The van der Waals surface area contributed by atoms with Crippen LogP contribution in [0.2, 0.25) is 0 Å². The minimum atomic E-state index is -0.227. The molecule has 0 saturated carbocycles. The first-order valence-electron chi connectivity index (χ1n) is 6.56. The van der Waals surface area contributed by atoms with Gasteiger partial charge >= 0.3 is 6.03 Å². The normalized spacial score (nSPS) is 17.8.